The number of rotatable bonds is 6. The third-order valence-corrected chi connectivity index (χ3v) is 6.92. The lowest BCUT2D eigenvalue weighted by molar-refractivity contribution is -0.133. The number of hydrogen-bond donors (Lipinski definition) is 2. The highest BCUT2D eigenvalue weighted by atomic mass is 32.2. The summed E-state index contributed by atoms with van der Waals surface area (Å²) in [5, 5.41) is 18.6. The molecule has 2 atom stereocenters. The van der Waals surface area contributed by atoms with Gasteiger partial charge in [0.2, 0.25) is 5.91 Å². The van der Waals surface area contributed by atoms with Gasteiger partial charge in [-0.1, -0.05) is 30.3 Å². The molecule has 0 unspecified atom stereocenters. The van der Waals surface area contributed by atoms with Gasteiger partial charge in [0.1, 0.15) is 5.71 Å². The summed E-state index contributed by atoms with van der Waals surface area (Å²) < 4.78 is 23.3. The maximum atomic E-state index is 12.4. The highest BCUT2D eigenvalue weighted by Crippen LogP contribution is 2.24. The Hall–Kier alpha value is -2.26. The molecular weight excluding hydrogens is 382 g/mol. The van der Waals surface area contributed by atoms with Gasteiger partial charge in [-0.05, 0) is 25.3 Å². The van der Waals surface area contributed by atoms with Gasteiger partial charge in [-0.2, -0.15) is 5.10 Å². The Morgan fingerprint density at radius 3 is 2.68 bits per heavy atom. The van der Waals surface area contributed by atoms with Gasteiger partial charge in [-0.3, -0.25) is 9.59 Å². The van der Waals surface area contributed by atoms with Crippen LogP contribution in [0, 0.1) is 0 Å². The van der Waals surface area contributed by atoms with Gasteiger partial charge in [0, 0.05) is 19.4 Å². The van der Waals surface area contributed by atoms with E-state index in [1.54, 1.807) is 6.92 Å². The fourth-order valence-corrected chi connectivity index (χ4v) is 5.14. The van der Waals surface area contributed by atoms with E-state index >= 15 is 0 Å². The predicted octanol–water partition coefficient (Wildman–Crippen LogP) is 0.566. The average Bonchev–Trinajstić information content (AvgIpc) is 3.02. The number of carbonyl (C=O) groups excluding carboxylic acids is 2. The molecule has 1 saturated heterocycles. The number of benzene rings is 1. The van der Waals surface area contributed by atoms with Gasteiger partial charge in [0.25, 0.3) is 5.91 Å². The van der Waals surface area contributed by atoms with Crippen molar-refractivity contribution in [3.8, 4) is 0 Å². The second kappa shape index (κ2) is 8.00. The highest BCUT2D eigenvalue weighted by Gasteiger charge is 2.37. The molecule has 2 aliphatic heterocycles. The van der Waals surface area contributed by atoms with Crippen LogP contribution in [-0.4, -0.2) is 60.2 Å². The summed E-state index contributed by atoms with van der Waals surface area (Å²) in [4.78, 5) is 24.6. The minimum absolute atomic E-state index is 0.0348. The largest absolute Gasteiger partial charge is 0.385 e. The van der Waals surface area contributed by atoms with Gasteiger partial charge < -0.3 is 10.4 Å². The second-order valence-corrected chi connectivity index (χ2v) is 9.72. The van der Waals surface area contributed by atoms with E-state index in [2.05, 4.69) is 10.4 Å². The molecule has 1 aromatic rings. The zero-order chi connectivity index (χ0) is 20.4. The fourth-order valence-electron chi connectivity index (χ4n) is 3.45. The Labute approximate surface area is 164 Å². The quantitative estimate of drug-likeness (QED) is 0.715. The third kappa shape index (κ3) is 4.77. The van der Waals surface area contributed by atoms with Crippen LogP contribution in [0.3, 0.4) is 0 Å². The fraction of sp³-hybridized carbons (Fsp3) is 0.526. The number of amides is 2. The zero-order valence-corrected chi connectivity index (χ0v) is 16.6. The molecular formula is C19H25N3O5S. The van der Waals surface area contributed by atoms with Gasteiger partial charge in [0.05, 0.1) is 23.1 Å². The van der Waals surface area contributed by atoms with Gasteiger partial charge in [0.15, 0.2) is 9.84 Å². The van der Waals surface area contributed by atoms with Crippen molar-refractivity contribution in [2.75, 3.05) is 18.1 Å². The Morgan fingerprint density at radius 1 is 1.32 bits per heavy atom. The third-order valence-electron chi connectivity index (χ3n) is 5.17. The number of sulfone groups is 1. The van der Waals surface area contributed by atoms with Crippen LogP contribution in [0.25, 0.3) is 0 Å². The molecule has 0 aromatic heterocycles. The van der Waals surface area contributed by atoms with Gasteiger partial charge >= 0.3 is 0 Å². The van der Waals surface area contributed by atoms with Gasteiger partial charge in [-0.15, -0.1) is 0 Å². The van der Waals surface area contributed by atoms with Crippen molar-refractivity contribution in [2.24, 2.45) is 5.10 Å². The summed E-state index contributed by atoms with van der Waals surface area (Å²) >= 11 is 0. The van der Waals surface area contributed by atoms with Crippen LogP contribution in [0.5, 0.6) is 0 Å². The maximum absolute atomic E-state index is 12.4. The first kappa shape index (κ1) is 20.5. The molecule has 0 spiro atoms. The summed E-state index contributed by atoms with van der Waals surface area (Å²) in [6.07, 6.45) is 1.01. The monoisotopic (exact) mass is 407 g/mol. The Kier molecular flexibility index (Phi) is 5.85. The minimum Gasteiger partial charge on any atom is -0.385 e. The molecule has 152 valence electrons. The van der Waals surface area contributed by atoms with E-state index < -0.39 is 27.4 Å². The SMILES string of the molecule is C[C@@](O)(CCNC(=O)C1=NN([C@H]2CCS(=O)(=O)C2)C(=O)CC1)c1ccccc1. The molecule has 3 rings (SSSR count). The topological polar surface area (TPSA) is 116 Å². The Balaban J connectivity index is 1.59. The molecule has 0 radical (unpaired) electrons. The van der Waals surface area contributed by atoms with Crippen molar-refractivity contribution < 1.29 is 23.1 Å². The highest BCUT2D eigenvalue weighted by molar-refractivity contribution is 7.91. The van der Waals surface area contributed by atoms with E-state index in [0.29, 0.717) is 12.8 Å². The molecule has 28 heavy (non-hydrogen) atoms. The summed E-state index contributed by atoms with van der Waals surface area (Å²) in [6.45, 7) is 1.93. The van der Waals surface area contributed by atoms with E-state index in [9.17, 15) is 23.1 Å². The molecule has 0 aliphatic carbocycles. The average molecular weight is 407 g/mol. The molecule has 2 heterocycles. The van der Waals surface area contributed by atoms with Crippen LogP contribution in [-0.2, 0) is 25.0 Å². The molecule has 0 saturated carbocycles. The van der Waals surface area contributed by atoms with Crippen molar-refractivity contribution >= 4 is 27.4 Å². The van der Waals surface area contributed by atoms with E-state index in [-0.39, 0.29) is 42.5 Å². The number of aliphatic hydroxyl groups is 1. The van der Waals surface area contributed by atoms with Crippen molar-refractivity contribution in [1.29, 1.82) is 0 Å². The summed E-state index contributed by atoms with van der Waals surface area (Å²) in [5.74, 6) is -0.739. The Morgan fingerprint density at radius 2 is 2.04 bits per heavy atom. The van der Waals surface area contributed by atoms with E-state index in [1.165, 1.54) is 5.01 Å². The summed E-state index contributed by atoms with van der Waals surface area (Å²) in [5.41, 5.74) is -0.106. The molecule has 1 fully saturated rings. The second-order valence-electron chi connectivity index (χ2n) is 7.49. The smallest absolute Gasteiger partial charge is 0.267 e. The first-order valence-electron chi connectivity index (χ1n) is 9.34. The van der Waals surface area contributed by atoms with Crippen molar-refractivity contribution in [1.82, 2.24) is 10.3 Å². The molecule has 2 N–H and O–H groups in total. The number of nitrogens with one attached hydrogen (secondary N) is 1. The van der Waals surface area contributed by atoms with Crippen LogP contribution in [0.15, 0.2) is 35.4 Å². The number of hydrogen-bond acceptors (Lipinski definition) is 6. The molecule has 9 heteroatoms. The normalized spacial score (nSPS) is 23.8. The van der Waals surface area contributed by atoms with Crippen LogP contribution in [0.1, 0.15) is 38.2 Å². The lowest BCUT2D eigenvalue weighted by atomic mass is 9.92. The molecule has 2 aliphatic rings. The van der Waals surface area contributed by atoms with Crippen LogP contribution in [0.2, 0.25) is 0 Å². The Bertz CT molecular complexity index is 880. The molecule has 8 nitrogen and oxygen atoms in total. The van der Waals surface area contributed by atoms with Crippen LogP contribution in [0.4, 0.5) is 0 Å². The van der Waals surface area contributed by atoms with Crippen LogP contribution >= 0.6 is 0 Å². The van der Waals surface area contributed by atoms with Crippen molar-refractivity contribution in [3.63, 3.8) is 0 Å². The first-order chi connectivity index (χ1) is 13.2. The van der Waals surface area contributed by atoms with E-state index in [4.69, 9.17) is 0 Å². The first-order valence-corrected chi connectivity index (χ1v) is 11.2. The standard InChI is InChI=1S/C19H25N3O5S/c1-19(25,14-5-3-2-4-6-14)10-11-20-18(24)16-7-8-17(23)22(21-16)15-9-12-28(26,27)13-15/h2-6,15,25H,7-13H2,1H3,(H,20,24)/t15-,19+/m0/s1. The van der Waals surface area contributed by atoms with Crippen LogP contribution < -0.4 is 5.32 Å². The summed E-state index contributed by atoms with van der Waals surface area (Å²) in [7, 11) is -3.15. The minimum atomic E-state index is -3.15. The zero-order valence-electron chi connectivity index (χ0n) is 15.8. The maximum Gasteiger partial charge on any atom is 0.267 e. The van der Waals surface area contributed by atoms with Crippen molar-refractivity contribution in [2.45, 2.75) is 44.2 Å². The lowest BCUT2D eigenvalue weighted by Crippen LogP contribution is -2.44. The van der Waals surface area contributed by atoms with Crippen molar-refractivity contribution in [3.05, 3.63) is 35.9 Å². The lowest BCUT2D eigenvalue weighted by Gasteiger charge is -2.28. The van der Waals surface area contributed by atoms with Gasteiger partial charge in [-0.25, -0.2) is 13.4 Å². The number of hydrazone groups is 1. The molecule has 0 bridgehead atoms. The van der Waals surface area contributed by atoms with E-state index in [1.807, 2.05) is 30.3 Å². The van der Waals surface area contributed by atoms with E-state index in [0.717, 1.165) is 5.56 Å². The molecule has 2 amide bonds. The predicted molar refractivity (Wildman–Crippen MR) is 104 cm³/mol. The number of carbonyl (C=O) groups is 2. The number of nitrogens with zero attached hydrogens (tertiary/aromatic N) is 2. The summed E-state index contributed by atoms with van der Waals surface area (Å²) in [6, 6.07) is 8.70. The molecule has 1 aromatic carbocycles.